The van der Waals surface area contributed by atoms with Gasteiger partial charge in [0.05, 0.1) is 5.56 Å². The molecule has 0 aliphatic heterocycles. The first-order valence-electron chi connectivity index (χ1n) is 5.66. The van der Waals surface area contributed by atoms with Crippen molar-refractivity contribution in [1.29, 1.82) is 0 Å². The summed E-state index contributed by atoms with van der Waals surface area (Å²) >= 11 is 0. The summed E-state index contributed by atoms with van der Waals surface area (Å²) < 4.78 is 37.9. The highest BCUT2D eigenvalue weighted by Gasteiger charge is 2.31. The van der Waals surface area contributed by atoms with E-state index in [1.54, 1.807) is 25.3 Å². The van der Waals surface area contributed by atoms with Crippen LogP contribution in [0.2, 0.25) is 0 Å². The van der Waals surface area contributed by atoms with Crippen molar-refractivity contribution in [2.24, 2.45) is 0 Å². The van der Waals surface area contributed by atoms with Gasteiger partial charge in [0.2, 0.25) is 0 Å². The lowest BCUT2D eigenvalue weighted by Gasteiger charge is -2.15. The summed E-state index contributed by atoms with van der Waals surface area (Å²) in [4.78, 5) is 4.01. The summed E-state index contributed by atoms with van der Waals surface area (Å²) in [5.41, 5.74) is 0.519. The number of aryl methyl sites for hydroxylation is 1. The number of nitrogens with zero attached hydrogens (tertiary/aromatic N) is 1. The van der Waals surface area contributed by atoms with Crippen LogP contribution in [0.1, 0.15) is 28.5 Å². The highest BCUT2D eigenvalue weighted by Crippen LogP contribution is 2.32. The predicted molar refractivity (Wildman–Crippen MR) is 64.5 cm³/mol. The van der Waals surface area contributed by atoms with Gasteiger partial charge in [-0.2, -0.15) is 13.2 Å². The van der Waals surface area contributed by atoms with Gasteiger partial charge >= 0.3 is 6.18 Å². The van der Waals surface area contributed by atoms with Crippen LogP contribution < -0.4 is 0 Å². The number of hydrogen-bond acceptors (Lipinski definition) is 2. The lowest BCUT2D eigenvalue weighted by Crippen LogP contribution is -2.08. The first-order chi connectivity index (χ1) is 8.89. The van der Waals surface area contributed by atoms with Gasteiger partial charge in [0.25, 0.3) is 0 Å². The Bertz CT molecular complexity index is 581. The van der Waals surface area contributed by atoms with E-state index in [-0.39, 0.29) is 5.56 Å². The molecule has 5 heteroatoms. The molecule has 0 amide bonds. The molecule has 0 aliphatic carbocycles. The maximum Gasteiger partial charge on any atom is 0.416 e. The molecule has 0 spiro atoms. The summed E-state index contributed by atoms with van der Waals surface area (Å²) in [5.74, 6) is 0. The fourth-order valence-corrected chi connectivity index (χ4v) is 1.85. The maximum absolute atomic E-state index is 12.6. The molecule has 1 aromatic heterocycles. The molecule has 0 bridgehead atoms. The number of aliphatic hydroxyl groups excluding tert-OH is 1. The zero-order valence-electron chi connectivity index (χ0n) is 10.1. The van der Waals surface area contributed by atoms with E-state index < -0.39 is 17.8 Å². The second-order valence-corrected chi connectivity index (χ2v) is 4.20. The molecule has 0 aliphatic rings. The van der Waals surface area contributed by atoms with Gasteiger partial charge in [-0.3, -0.25) is 4.98 Å². The van der Waals surface area contributed by atoms with E-state index in [0.29, 0.717) is 11.3 Å². The summed E-state index contributed by atoms with van der Waals surface area (Å²) in [6, 6.07) is 7.97. The van der Waals surface area contributed by atoms with E-state index in [2.05, 4.69) is 4.98 Å². The molecule has 100 valence electrons. The summed E-state index contributed by atoms with van der Waals surface area (Å²) in [6.45, 7) is 1.70. The topological polar surface area (TPSA) is 33.1 Å². The van der Waals surface area contributed by atoms with Crippen LogP contribution in [-0.4, -0.2) is 10.1 Å². The number of alkyl halides is 3. The van der Waals surface area contributed by atoms with E-state index in [1.165, 1.54) is 12.1 Å². The minimum atomic E-state index is -4.42. The number of halogens is 3. The summed E-state index contributed by atoms with van der Waals surface area (Å²) in [5, 5.41) is 10.2. The molecule has 1 atom stereocenters. The number of aliphatic hydroxyl groups is 1. The Balaban J connectivity index is 2.40. The van der Waals surface area contributed by atoms with E-state index >= 15 is 0 Å². The van der Waals surface area contributed by atoms with Gasteiger partial charge in [0.15, 0.2) is 0 Å². The van der Waals surface area contributed by atoms with Gasteiger partial charge in [-0.15, -0.1) is 0 Å². The van der Waals surface area contributed by atoms with Crippen molar-refractivity contribution in [1.82, 2.24) is 4.98 Å². The monoisotopic (exact) mass is 267 g/mol. The van der Waals surface area contributed by atoms with Gasteiger partial charge in [-0.25, -0.2) is 0 Å². The van der Waals surface area contributed by atoms with Crippen LogP contribution in [0.4, 0.5) is 13.2 Å². The number of pyridine rings is 1. The van der Waals surface area contributed by atoms with Crippen LogP contribution in [0, 0.1) is 6.92 Å². The number of rotatable bonds is 2. The van der Waals surface area contributed by atoms with Crippen LogP contribution in [0.3, 0.4) is 0 Å². The fraction of sp³-hybridized carbons (Fsp3) is 0.214. The normalized spacial score (nSPS) is 13.3. The number of hydrogen-bond donors (Lipinski definition) is 1. The van der Waals surface area contributed by atoms with Crippen LogP contribution in [0.15, 0.2) is 42.6 Å². The summed E-state index contributed by atoms with van der Waals surface area (Å²) in [6.07, 6.45) is -3.96. The Morgan fingerprint density at radius 3 is 2.53 bits per heavy atom. The Hall–Kier alpha value is -1.88. The van der Waals surface area contributed by atoms with Crippen LogP contribution in [0.5, 0.6) is 0 Å². The van der Waals surface area contributed by atoms with Crippen molar-refractivity contribution in [3.63, 3.8) is 0 Å². The Morgan fingerprint density at radius 2 is 1.89 bits per heavy atom. The molecule has 1 N–H and O–H groups in total. The van der Waals surface area contributed by atoms with Crippen molar-refractivity contribution < 1.29 is 18.3 Å². The first kappa shape index (κ1) is 13.5. The van der Waals surface area contributed by atoms with Crippen molar-refractivity contribution in [2.45, 2.75) is 19.2 Å². The van der Waals surface area contributed by atoms with Gasteiger partial charge < -0.3 is 5.11 Å². The molecule has 1 unspecified atom stereocenters. The van der Waals surface area contributed by atoms with Crippen molar-refractivity contribution in [3.05, 3.63) is 65.0 Å². The summed E-state index contributed by atoms with van der Waals surface area (Å²) in [7, 11) is 0. The van der Waals surface area contributed by atoms with Gasteiger partial charge in [0, 0.05) is 17.5 Å². The quantitative estimate of drug-likeness (QED) is 0.903. The average molecular weight is 267 g/mol. The minimum absolute atomic E-state index is 0.200. The van der Waals surface area contributed by atoms with E-state index in [0.717, 1.165) is 12.1 Å². The second kappa shape index (κ2) is 5.01. The first-order valence-corrected chi connectivity index (χ1v) is 5.66. The van der Waals surface area contributed by atoms with E-state index in [4.69, 9.17) is 0 Å². The van der Waals surface area contributed by atoms with Crippen LogP contribution >= 0.6 is 0 Å². The molecule has 1 heterocycles. The second-order valence-electron chi connectivity index (χ2n) is 4.20. The lowest BCUT2D eigenvalue weighted by molar-refractivity contribution is -0.137. The molecular formula is C14H12F3NO. The molecule has 0 saturated carbocycles. The van der Waals surface area contributed by atoms with Gasteiger partial charge in [-0.05, 0) is 30.7 Å². The predicted octanol–water partition coefficient (Wildman–Crippen LogP) is 3.49. The number of aromatic nitrogens is 1. The van der Waals surface area contributed by atoms with Gasteiger partial charge in [-0.1, -0.05) is 18.2 Å². The largest absolute Gasteiger partial charge is 0.416 e. The molecule has 19 heavy (non-hydrogen) atoms. The smallest absolute Gasteiger partial charge is 0.384 e. The SMILES string of the molecule is Cc1ncccc1C(O)c1cccc(C(F)(F)F)c1. The van der Waals surface area contributed by atoms with E-state index in [1.807, 2.05) is 0 Å². The zero-order valence-corrected chi connectivity index (χ0v) is 10.1. The third-order valence-electron chi connectivity index (χ3n) is 2.87. The zero-order chi connectivity index (χ0) is 14.0. The van der Waals surface area contributed by atoms with Crippen molar-refractivity contribution in [3.8, 4) is 0 Å². The van der Waals surface area contributed by atoms with Crippen molar-refractivity contribution >= 4 is 0 Å². The fourth-order valence-electron chi connectivity index (χ4n) is 1.85. The van der Waals surface area contributed by atoms with Crippen LogP contribution in [0.25, 0.3) is 0 Å². The minimum Gasteiger partial charge on any atom is -0.384 e. The van der Waals surface area contributed by atoms with Crippen molar-refractivity contribution in [2.75, 3.05) is 0 Å². The average Bonchev–Trinajstić information content (AvgIpc) is 2.38. The molecule has 0 fully saturated rings. The Kier molecular flexibility index (Phi) is 3.57. The lowest BCUT2D eigenvalue weighted by atomic mass is 9.99. The molecule has 2 aromatic rings. The Labute approximate surface area is 108 Å². The molecule has 0 saturated heterocycles. The number of benzene rings is 1. The van der Waals surface area contributed by atoms with E-state index in [9.17, 15) is 18.3 Å². The highest BCUT2D eigenvalue weighted by molar-refractivity contribution is 5.34. The molecular weight excluding hydrogens is 255 g/mol. The maximum atomic E-state index is 12.6. The standard InChI is InChI=1S/C14H12F3NO/c1-9-12(6-3-7-18-9)13(19)10-4-2-5-11(8-10)14(15,16)17/h2-8,13,19H,1H3. The third kappa shape index (κ3) is 2.93. The van der Waals surface area contributed by atoms with Crippen LogP contribution in [-0.2, 0) is 6.18 Å². The molecule has 2 rings (SSSR count). The Morgan fingerprint density at radius 1 is 1.16 bits per heavy atom. The molecule has 1 aromatic carbocycles. The van der Waals surface area contributed by atoms with Gasteiger partial charge in [0.1, 0.15) is 6.10 Å². The third-order valence-corrected chi connectivity index (χ3v) is 2.87. The molecule has 0 radical (unpaired) electrons. The molecule has 2 nitrogen and oxygen atoms in total. The highest BCUT2D eigenvalue weighted by atomic mass is 19.4.